The first-order valence-electron chi connectivity index (χ1n) is 11.1. The van der Waals surface area contributed by atoms with Crippen LogP contribution < -0.4 is 14.8 Å². The highest BCUT2D eigenvalue weighted by atomic mass is 16.6. The van der Waals surface area contributed by atoms with Crippen molar-refractivity contribution in [2.24, 2.45) is 0 Å². The lowest BCUT2D eigenvalue weighted by atomic mass is 10.1. The minimum atomic E-state index is -0.524. The zero-order valence-corrected chi connectivity index (χ0v) is 19.7. The molecule has 0 saturated heterocycles. The number of benzene rings is 3. The third-order valence-corrected chi connectivity index (χ3v) is 4.88. The molecule has 0 fully saturated rings. The van der Waals surface area contributed by atoms with Crippen molar-refractivity contribution < 1.29 is 23.9 Å². The van der Waals surface area contributed by atoms with Crippen LogP contribution in [0.25, 0.3) is 0 Å². The smallest absolute Gasteiger partial charge is 0.315 e. The van der Waals surface area contributed by atoms with E-state index in [9.17, 15) is 14.4 Å². The fourth-order valence-corrected chi connectivity index (χ4v) is 3.14. The van der Waals surface area contributed by atoms with Gasteiger partial charge in [0.25, 0.3) is 0 Å². The van der Waals surface area contributed by atoms with Gasteiger partial charge in [0.2, 0.25) is 0 Å². The maximum absolute atomic E-state index is 12.7. The molecule has 0 atom stereocenters. The van der Waals surface area contributed by atoms with Crippen LogP contribution in [0.2, 0.25) is 0 Å². The van der Waals surface area contributed by atoms with E-state index in [-0.39, 0.29) is 42.2 Å². The van der Waals surface area contributed by atoms with E-state index in [0.29, 0.717) is 5.56 Å². The van der Waals surface area contributed by atoms with Crippen molar-refractivity contribution in [3.63, 3.8) is 0 Å². The zero-order valence-electron chi connectivity index (χ0n) is 19.7. The van der Waals surface area contributed by atoms with Crippen LogP contribution in [-0.4, -0.2) is 29.8 Å². The summed E-state index contributed by atoms with van der Waals surface area (Å²) >= 11 is 0. The van der Waals surface area contributed by atoms with E-state index >= 15 is 0 Å². The Morgan fingerprint density at radius 1 is 0.706 bits per heavy atom. The summed E-state index contributed by atoms with van der Waals surface area (Å²) in [7, 11) is 0. The molecule has 0 spiro atoms. The Morgan fingerprint density at radius 3 is 1.71 bits per heavy atom. The second kappa shape index (κ2) is 11.4. The Balaban J connectivity index is 1.79. The number of carbonyl (C=O) groups excluding carboxylic acids is 3. The molecule has 3 aromatic rings. The molecule has 0 saturated carbocycles. The molecule has 3 rings (SSSR count). The molecule has 6 heteroatoms. The molecular formula is C28H29NO5. The lowest BCUT2D eigenvalue weighted by molar-refractivity contribution is -0.136. The second-order valence-corrected chi connectivity index (χ2v) is 8.96. The normalized spacial score (nSPS) is 11.0. The Labute approximate surface area is 199 Å². The van der Waals surface area contributed by atoms with Gasteiger partial charge in [-0.2, -0.15) is 0 Å². The van der Waals surface area contributed by atoms with Gasteiger partial charge in [-0.3, -0.25) is 14.4 Å². The van der Waals surface area contributed by atoms with Crippen LogP contribution in [0.15, 0.2) is 78.9 Å². The Bertz CT molecular complexity index is 1130. The van der Waals surface area contributed by atoms with Crippen molar-refractivity contribution >= 4 is 17.7 Å². The quantitative estimate of drug-likeness (QED) is 0.287. The van der Waals surface area contributed by atoms with Gasteiger partial charge in [-0.05, 0) is 50.1 Å². The molecule has 0 amide bonds. The summed E-state index contributed by atoms with van der Waals surface area (Å²) in [6.07, 6.45) is 0.108. The van der Waals surface area contributed by atoms with Gasteiger partial charge in [-0.25, -0.2) is 0 Å². The third-order valence-electron chi connectivity index (χ3n) is 4.88. The van der Waals surface area contributed by atoms with E-state index in [2.05, 4.69) is 5.32 Å². The lowest BCUT2D eigenvalue weighted by Crippen LogP contribution is -2.39. The highest BCUT2D eigenvalue weighted by Gasteiger charge is 2.19. The number of carbonyl (C=O) groups is 3. The van der Waals surface area contributed by atoms with Gasteiger partial charge >= 0.3 is 11.9 Å². The molecule has 0 radical (unpaired) electrons. The van der Waals surface area contributed by atoms with Crippen LogP contribution in [-0.2, 0) is 22.4 Å². The van der Waals surface area contributed by atoms with Crippen molar-refractivity contribution in [1.29, 1.82) is 0 Å². The first kappa shape index (κ1) is 24.9. The molecule has 34 heavy (non-hydrogen) atoms. The number of nitrogens with one attached hydrogen (secondary N) is 1. The molecule has 0 aliphatic rings. The van der Waals surface area contributed by atoms with Crippen LogP contribution in [0.3, 0.4) is 0 Å². The molecule has 176 valence electrons. The average Bonchev–Trinajstić information content (AvgIpc) is 2.79. The third kappa shape index (κ3) is 7.98. The van der Waals surface area contributed by atoms with E-state index in [1.54, 1.807) is 6.07 Å². The molecule has 6 nitrogen and oxygen atoms in total. The molecular weight excluding hydrogens is 430 g/mol. The Kier molecular flexibility index (Phi) is 8.33. The van der Waals surface area contributed by atoms with Crippen LogP contribution in [0.1, 0.15) is 42.3 Å². The minimum Gasteiger partial charge on any atom is -0.422 e. The van der Waals surface area contributed by atoms with Gasteiger partial charge in [0.05, 0.1) is 19.4 Å². The highest BCUT2D eigenvalue weighted by Crippen LogP contribution is 2.30. The first-order chi connectivity index (χ1) is 16.2. The Morgan fingerprint density at radius 2 is 1.21 bits per heavy atom. The maximum atomic E-state index is 12.7. The minimum absolute atomic E-state index is 0.0314. The van der Waals surface area contributed by atoms with Gasteiger partial charge in [-0.15, -0.1) is 0 Å². The number of hydrogen-bond acceptors (Lipinski definition) is 6. The fourth-order valence-electron chi connectivity index (χ4n) is 3.14. The number of Topliss-reactive ketones (excluding diaryl/α,β-unsaturated/α-hetero) is 1. The standard InChI is InChI=1S/C28H29NO5/c1-28(2,3)29-19-23(30)22-14-15-24(33-26(31)16-20-10-6-4-7-11-20)25(18-22)34-27(32)17-21-12-8-5-9-13-21/h4-15,18,29H,16-17,19H2,1-3H3. The molecule has 0 heterocycles. The van der Waals surface area contributed by atoms with Crippen molar-refractivity contribution in [2.75, 3.05) is 6.54 Å². The van der Waals surface area contributed by atoms with E-state index in [1.165, 1.54) is 12.1 Å². The summed E-state index contributed by atoms with van der Waals surface area (Å²) in [6, 6.07) is 22.9. The molecule has 0 aliphatic carbocycles. The number of rotatable bonds is 9. The summed E-state index contributed by atoms with van der Waals surface area (Å²) in [5.41, 5.74) is 1.71. The van der Waals surface area contributed by atoms with E-state index < -0.39 is 11.9 Å². The summed E-state index contributed by atoms with van der Waals surface area (Å²) in [5.74, 6) is -1.08. The fraction of sp³-hybridized carbons (Fsp3) is 0.250. The monoisotopic (exact) mass is 459 g/mol. The average molecular weight is 460 g/mol. The predicted molar refractivity (Wildman–Crippen MR) is 130 cm³/mol. The Hall–Kier alpha value is -3.77. The molecule has 3 aromatic carbocycles. The number of esters is 2. The number of ketones is 1. The van der Waals surface area contributed by atoms with Gasteiger partial charge in [0, 0.05) is 11.1 Å². The molecule has 0 aromatic heterocycles. The van der Waals surface area contributed by atoms with Crippen molar-refractivity contribution in [3.05, 3.63) is 95.6 Å². The number of hydrogen-bond donors (Lipinski definition) is 1. The molecule has 0 bridgehead atoms. The summed E-state index contributed by atoms with van der Waals surface area (Å²) in [6.45, 7) is 6.01. The number of ether oxygens (including phenoxy) is 2. The van der Waals surface area contributed by atoms with Crippen LogP contribution >= 0.6 is 0 Å². The summed E-state index contributed by atoms with van der Waals surface area (Å²) in [5, 5.41) is 3.14. The van der Waals surface area contributed by atoms with Crippen LogP contribution in [0.5, 0.6) is 11.5 Å². The topological polar surface area (TPSA) is 81.7 Å². The lowest BCUT2D eigenvalue weighted by Gasteiger charge is -2.20. The zero-order chi connectivity index (χ0) is 24.6. The SMILES string of the molecule is CC(C)(C)NCC(=O)c1ccc(OC(=O)Cc2ccccc2)c(OC(=O)Cc2ccccc2)c1. The van der Waals surface area contributed by atoms with Gasteiger partial charge in [0.1, 0.15) is 0 Å². The molecule has 0 unspecified atom stereocenters. The van der Waals surface area contributed by atoms with Crippen molar-refractivity contribution in [1.82, 2.24) is 5.32 Å². The van der Waals surface area contributed by atoms with Crippen molar-refractivity contribution in [3.8, 4) is 11.5 Å². The van der Waals surface area contributed by atoms with Gasteiger partial charge in [0.15, 0.2) is 17.3 Å². The van der Waals surface area contributed by atoms with Gasteiger partial charge < -0.3 is 14.8 Å². The summed E-state index contributed by atoms with van der Waals surface area (Å²) < 4.78 is 11.1. The van der Waals surface area contributed by atoms with Gasteiger partial charge in [-0.1, -0.05) is 60.7 Å². The highest BCUT2D eigenvalue weighted by molar-refractivity contribution is 5.98. The van der Waals surface area contributed by atoms with E-state index in [1.807, 2.05) is 81.4 Å². The van der Waals surface area contributed by atoms with Crippen molar-refractivity contribution in [2.45, 2.75) is 39.2 Å². The maximum Gasteiger partial charge on any atom is 0.315 e. The predicted octanol–water partition coefficient (Wildman–Crippen LogP) is 4.55. The second-order valence-electron chi connectivity index (χ2n) is 8.96. The molecule has 1 N–H and O–H groups in total. The van der Waals surface area contributed by atoms with Crippen LogP contribution in [0, 0.1) is 0 Å². The van der Waals surface area contributed by atoms with Crippen LogP contribution in [0.4, 0.5) is 0 Å². The largest absolute Gasteiger partial charge is 0.422 e. The molecule has 0 aliphatic heterocycles. The summed E-state index contributed by atoms with van der Waals surface area (Å²) in [4.78, 5) is 37.8. The first-order valence-corrected chi connectivity index (χ1v) is 11.1. The van der Waals surface area contributed by atoms with E-state index in [4.69, 9.17) is 9.47 Å². The van der Waals surface area contributed by atoms with E-state index in [0.717, 1.165) is 11.1 Å².